The second-order valence-corrected chi connectivity index (χ2v) is 20.7. The van der Waals surface area contributed by atoms with Crippen molar-refractivity contribution in [1.82, 2.24) is 0 Å². The minimum absolute atomic E-state index is 0.462. The number of hydrogen-bond acceptors (Lipinski definition) is 1. The van der Waals surface area contributed by atoms with Crippen molar-refractivity contribution in [3.8, 4) is 0 Å². The molecule has 0 aromatic carbocycles. The third-order valence-corrected chi connectivity index (χ3v) is 22.6. The Kier molecular flexibility index (Phi) is 11.4. The average Bonchev–Trinajstić information content (AvgIpc) is 2.45. The zero-order valence-electron chi connectivity index (χ0n) is 14.1. The summed E-state index contributed by atoms with van der Waals surface area (Å²) in [6, 6.07) is 0. The van der Waals surface area contributed by atoms with Crippen molar-refractivity contribution in [2.24, 2.45) is 0 Å². The zero-order valence-corrected chi connectivity index (χ0v) is 16.9. The molecule has 0 rings (SSSR count). The molecule has 1 unspecified atom stereocenters. The quantitative estimate of drug-likeness (QED) is 0.371. The fourth-order valence-corrected chi connectivity index (χ4v) is 20.7. The Bertz CT molecular complexity index is 216. The van der Waals surface area contributed by atoms with E-state index < -0.39 is 18.4 Å². The van der Waals surface area contributed by atoms with Gasteiger partial charge in [-0.3, -0.25) is 0 Å². The van der Waals surface area contributed by atoms with E-state index in [0.717, 1.165) is 6.42 Å². The third kappa shape index (κ3) is 6.64. The Morgan fingerprint density at radius 3 is 1.47 bits per heavy atom. The van der Waals surface area contributed by atoms with E-state index in [2.05, 4.69) is 34.6 Å². The van der Waals surface area contributed by atoms with Gasteiger partial charge in [-0.25, -0.2) is 0 Å². The van der Waals surface area contributed by atoms with Crippen molar-refractivity contribution >= 4 is 24.2 Å². The zero-order chi connectivity index (χ0) is 14.7. The molecule has 0 bridgehead atoms. The van der Waals surface area contributed by atoms with E-state index in [1.807, 2.05) is 0 Å². The van der Waals surface area contributed by atoms with Crippen LogP contribution < -0.4 is 0 Å². The summed E-state index contributed by atoms with van der Waals surface area (Å²) in [4.78, 5) is 12.3. The van der Waals surface area contributed by atoms with Gasteiger partial charge in [0.1, 0.15) is 0 Å². The minimum atomic E-state index is -2.26. The summed E-state index contributed by atoms with van der Waals surface area (Å²) < 4.78 is 4.83. The molecule has 0 saturated heterocycles. The fraction of sp³-hybridized carbons (Fsp3) is 0.941. The van der Waals surface area contributed by atoms with Crippen LogP contribution in [0.15, 0.2) is 0 Å². The van der Waals surface area contributed by atoms with E-state index in [-0.39, 0.29) is 0 Å². The molecule has 19 heavy (non-hydrogen) atoms. The van der Waals surface area contributed by atoms with Crippen LogP contribution in [0.25, 0.3) is 0 Å². The van der Waals surface area contributed by atoms with Gasteiger partial charge in [-0.2, -0.15) is 0 Å². The SMILES string of the molecule is CCC[CH2][Sn]([CH2]CCC)([CH2]CCC)[CH](C)C(=O)CC. The van der Waals surface area contributed by atoms with E-state index in [1.54, 1.807) is 0 Å². The standard InChI is InChI=1S/C5H9O.3C4H9.Sn/c1-3-5(6)4-2;3*1-3-4-2;/h3H,4H2,1-2H3;3*1,3-4H2,2H3;. The van der Waals surface area contributed by atoms with Crippen LogP contribution >= 0.6 is 0 Å². The number of rotatable bonds is 12. The maximum atomic E-state index is 12.3. The van der Waals surface area contributed by atoms with Crippen molar-refractivity contribution < 1.29 is 4.79 Å². The van der Waals surface area contributed by atoms with Crippen LogP contribution in [0.5, 0.6) is 0 Å². The van der Waals surface area contributed by atoms with Crippen molar-refractivity contribution in [2.75, 3.05) is 0 Å². The molecule has 0 aliphatic rings. The molecule has 0 radical (unpaired) electrons. The number of carbonyl (C=O) groups is 1. The molecule has 0 fully saturated rings. The Morgan fingerprint density at radius 1 is 0.842 bits per heavy atom. The summed E-state index contributed by atoms with van der Waals surface area (Å²) >= 11 is -2.26. The topological polar surface area (TPSA) is 17.1 Å². The number of hydrogen-bond donors (Lipinski definition) is 0. The van der Waals surface area contributed by atoms with Crippen LogP contribution in [0.1, 0.15) is 79.6 Å². The van der Waals surface area contributed by atoms with Crippen LogP contribution in [-0.2, 0) is 4.79 Å². The van der Waals surface area contributed by atoms with Crippen molar-refractivity contribution in [2.45, 2.75) is 96.8 Å². The molecule has 0 saturated carbocycles. The molecule has 2 heteroatoms. The van der Waals surface area contributed by atoms with E-state index in [1.165, 1.54) is 51.8 Å². The molecule has 0 heterocycles. The predicted molar refractivity (Wildman–Crippen MR) is 89.6 cm³/mol. The van der Waals surface area contributed by atoms with E-state index in [9.17, 15) is 4.79 Å². The number of unbranched alkanes of at least 4 members (excludes halogenated alkanes) is 3. The van der Waals surface area contributed by atoms with Gasteiger partial charge in [-0.05, 0) is 0 Å². The molecule has 0 amide bonds. The molecule has 0 aliphatic heterocycles. The van der Waals surface area contributed by atoms with E-state index >= 15 is 0 Å². The Balaban J connectivity index is 5.00. The summed E-state index contributed by atoms with van der Waals surface area (Å²) in [7, 11) is 0. The monoisotopic (exact) mass is 376 g/mol. The van der Waals surface area contributed by atoms with Gasteiger partial charge < -0.3 is 0 Å². The van der Waals surface area contributed by atoms with Gasteiger partial charge in [0.2, 0.25) is 0 Å². The van der Waals surface area contributed by atoms with Gasteiger partial charge in [0.05, 0.1) is 0 Å². The Morgan fingerprint density at radius 2 is 1.21 bits per heavy atom. The van der Waals surface area contributed by atoms with Crippen LogP contribution in [0.3, 0.4) is 0 Å². The third-order valence-electron chi connectivity index (χ3n) is 4.83. The normalized spacial score (nSPS) is 13.5. The number of Topliss-reactive ketones (excluding diaryl/α,β-unsaturated/α-hetero) is 1. The first-order valence-electron chi connectivity index (χ1n) is 8.60. The molecular formula is C17H36OSn. The molecular weight excluding hydrogens is 339 g/mol. The summed E-state index contributed by atoms with van der Waals surface area (Å²) in [6.45, 7) is 11.2. The molecule has 0 spiro atoms. The Labute approximate surface area is 125 Å². The van der Waals surface area contributed by atoms with E-state index in [4.69, 9.17) is 0 Å². The summed E-state index contributed by atoms with van der Waals surface area (Å²) in [5.41, 5.74) is 0. The number of ketones is 1. The van der Waals surface area contributed by atoms with Gasteiger partial charge in [-0.15, -0.1) is 0 Å². The first kappa shape index (κ1) is 19.5. The van der Waals surface area contributed by atoms with Gasteiger partial charge in [0, 0.05) is 0 Å². The van der Waals surface area contributed by atoms with Gasteiger partial charge in [0.25, 0.3) is 0 Å². The van der Waals surface area contributed by atoms with Crippen LogP contribution in [0.2, 0.25) is 17.2 Å². The second kappa shape index (κ2) is 11.2. The van der Waals surface area contributed by atoms with Crippen LogP contribution in [0, 0.1) is 0 Å². The Hall–Kier alpha value is 0.469. The predicted octanol–water partition coefficient (Wildman–Crippen LogP) is 6.20. The van der Waals surface area contributed by atoms with Crippen molar-refractivity contribution in [3.05, 3.63) is 0 Å². The molecule has 0 aliphatic carbocycles. The van der Waals surface area contributed by atoms with Crippen LogP contribution in [-0.4, -0.2) is 24.2 Å². The van der Waals surface area contributed by atoms with Gasteiger partial charge >= 0.3 is 126 Å². The summed E-state index contributed by atoms with van der Waals surface area (Å²) in [5, 5.41) is 0. The van der Waals surface area contributed by atoms with E-state index in [0.29, 0.717) is 9.72 Å². The number of carbonyl (C=O) groups excluding carboxylic acids is 1. The average molecular weight is 375 g/mol. The first-order chi connectivity index (χ1) is 9.07. The second-order valence-electron chi connectivity index (χ2n) is 6.21. The molecule has 0 N–H and O–H groups in total. The van der Waals surface area contributed by atoms with Crippen LogP contribution in [0.4, 0.5) is 0 Å². The van der Waals surface area contributed by atoms with Crippen molar-refractivity contribution in [3.63, 3.8) is 0 Å². The summed E-state index contributed by atoms with van der Waals surface area (Å²) in [6.07, 6.45) is 8.74. The molecule has 114 valence electrons. The van der Waals surface area contributed by atoms with Crippen molar-refractivity contribution in [1.29, 1.82) is 0 Å². The molecule has 1 nitrogen and oxygen atoms in total. The van der Waals surface area contributed by atoms with Gasteiger partial charge in [-0.1, -0.05) is 0 Å². The van der Waals surface area contributed by atoms with Gasteiger partial charge in [0.15, 0.2) is 0 Å². The maximum absolute atomic E-state index is 12.3. The first-order valence-corrected chi connectivity index (χ1v) is 16.3. The molecule has 0 aromatic heterocycles. The molecule has 1 atom stereocenters. The molecule has 0 aromatic rings. The summed E-state index contributed by atoms with van der Waals surface area (Å²) in [5.74, 6) is 0.569. The fourth-order valence-electron chi connectivity index (χ4n) is 3.26.